The van der Waals surface area contributed by atoms with Crippen LogP contribution >= 0.6 is 11.3 Å². The summed E-state index contributed by atoms with van der Waals surface area (Å²) < 4.78 is 16.0. The minimum absolute atomic E-state index is 0.802. The van der Waals surface area contributed by atoms with Gasteiger partial charge in [0.15, 0.2) is 5.76 Å². The van der Waals surface area contributed by atoms with Crippen molar-refractivity contribution in [1.29, 1.82) is 0 Å². The van der Waals surface area contributed by atoms with Crippen LogP contribution < -0.4 is 0 Å². The fourth-order valence-corrected chi connectivity index (χ4v) is 17.9. The first-order valence-corrected chi connectivity index (χ1v) is 48.2. The summed E-state index contributed by atoms with van der Waals surface area (Å²) in [4.78, 5) is 61.0. The lowest BCUT2D eigenvalue weighted by Crippen LogP contribution is -2.01. The van der Waals surface area contributed by atoms with E-state index >= 15 is 0 Å². The van der Waals surface area contributed by atoms with Crippen LogP contribution in [0.4, 0.5) is 0 Å². The third-order valence-corrected chi connectivity index (χ3v) is 25.6. The van der Waals surface area contributed by atoms with Crippen LogP contribution in [0, 0.1) is 0 Å². The minimum atomic E-state index is 0.802. The third-order valence-electron chi connectivity index (χ3n) is 24.9. The van der Waals surface area contributed by atoms with E-state index in [9.17, 15) is 0 Å². The summed E-state index contributed by atoms with van der Waals surface area (Å²) in [5, 5.41) is 11.3. The Morgan fingerprint density at radius 2 is 0.597 bits per heavy atom. The standard InChI is InChI=1S/C21H19N3.C21H18N2.C20H18N4.C19H17N3O.C19H17N3S.C19H17N3/c1-24-15-20(16-7-3-2-4-8-16)23-21(24)14-13-18-12-11-17-9-5-6-10-19(17)22-18;1-2-6-16(7-3-1)21-15-14-19(23-21)13-12-18-11-10-17-8-4-5-9-20(17)22-18;1-24-14-19(16-10-12-21-13-11-16)23-20(24)9-8-17-7-6-15-4-2-3-5-18(15)22-17;1-22-13-17(18-7-4-12-23-18)21-19(22)11-10-15-9-8-14-5-2-3-6-16(14)20-15;1-22-12-18(15-10-11-23-13-15)21-19(22)9-8-16-7-6-14-4-2-3-5-17(14)20-16;1-22-18-9-5-4-8-17(18)21-19(22)13-12-15-11-10-14-6-2-3-7-16(14)20-15/h2-12,15H,13-14H2,1H3;1-11,15H,12-14H2;2-7,10-14H,8-9H2,1H3;2-9,12-13H,10-11H2,1H3;2-7,10-13H,8-9H2,1H3;2-11H,12-13H2,1H3. The van der Waals surface area contributed by atoms with Crippen LogP contribution in [0.1, 0.15) is 81.7 Å². The average molecular weight is 1840 g/mol. The number of thiophene rings is 1. The minimum Gasteiger partial charge on any atom is -0.463 e. The number of hydrogen-bond acceptors (Lipinski definition) is 15. The molecule has 0 N–H and O–H groups in total. The Kier molecular flexibility index (Phi) is 29.1. The van der Waals surface area contributed by atoms with Crippen LogP contribution in [0.3, 0.4) is 0 Å². The van der Waals surface area contributed by atoms with Gasteiger partial charge in [-0.25, -0.2) is 24.9 Å². The molecule has 0 saturated heterocycles. The van der Waals surface area contributed by atoms with Crippen molar-refractivity contribution in [2.75, 3.05) is 0 Å². The summed E-state index contributed by atoms with van der Waals surface area (Å²) >= 11 is 1.70. The monoisotopic (exact) mass is 1830 g/mol. The fourth-order valence-electron chi connectivity index (χ4n) is 17.3. The molecule has 14 aromatic heterocycles. The van der Waals surface area contributed by atoms with Gasteiger partial charge in [0.25, 0.3) is 0 Å². The average Bonchev–Trinajstić information content (AvgIpc) is 1.63. The van der Waals surface area contributed by atoms with Gasteiger partial charge >= 0.3 is 0 Å². The molecule has 0 bridgehead atoms. The smallest absolute Gasteiger partial charge is 0.153 e. The number of benzene rings is 9. The van der Waals surface area contributed by atoms with Gasteiger partial charge in [0.05, 0.1) is 73.2 Å². The number of aryl methyl sites for hydroxylation is 16. The highest BCUT2D eigenvalue weighted by Gasteiger charge is 2.18. The number of imidazole rings is 5. The van der Waals surface area contributed by atoms with Gasteiger partial charge in [-0.2, -0.15) is 11.3 Å². The number of nitrogens with zero attached hydrogens (tertiary/aromatic N) is 18. The van der Waals surface area contributed by atoms with Crippen LogP contribution in [0.15, 0.2) is 403 Å². The predicted molar refractivity (Wildman–Crippen MR) is 566 cm³/mol. The van der Waals surface area contributed by atoms with Crippen molar-refractivity contribution in [1.82, 2.24) is 82.6 Å². The Hall–Kier alpha value is -16.7. The Morgan fingerprint density at radius 1 is 0.266 bits per heavy atom. The quantitative estimate of drug-likeness (QED) is 0.0585. The van der Waals surface area contributed by atoms with Crippen LogP contribution in [0.25, 0.3) is 127 Å². The summed E-state index contributed by atoms with van der Waals surface area (Å²) in [6.45, 7) is 0. The van der Waals surface area contributed by atoms with Gasteiger partial charge < -0.3 is 27.3 Å². The lowest BCUT2D eigenvalue weighted by Gasteiger charge is -2.04. The maximum Gasteiger partial charge on any atom is 0.153 e. The third kappa shape index (κ3) is 23.5. The van der Waals surface area contributed by atoms with Gasteiger partial charge in [-0.3, -0.25) is 39.9 Å². The van der Waals surface area contributed by atoms with E-state index in [1.807, 2.05) is 148 Å². The SMILES string of the molecule is C1=C(c2ccccc2)N=C(CCc2ccc3ccccc3n2)C1.Cn1c(CCc2ccc3ccccc3n2)nc2ccccc21.Cn1cc(-c2ccccc2)nc1CCc1ccc2ccccc2n1.Cn1cc(-c2ccco2)nc1CCc1ccc2ccccc2n1.Cn1cc(-c2ccncc2)nc1CCc1ccc2ccccc2n1.Cn1cc(-c2ccsc2)nc1CCc1ccc2ccccc2n1. The molecule has 15 heterocycles. The van der Waals surface area contributed by atoms with Crippen LogP contribution in [-0.4, -0.2) is 88.4 Å². The molecule has 0 saturated carbocycles. The van der Waals surface area contributed by atoms with E-state index in [4.69, 9.17) is 59.2 Å². The lowest BCUT2D eigenvalue weighted by atomic mass is 10.1. The number of hydrogen-bond donors (Lipinski definition) is 0. The molecule has 684 valence electrons. The summed E-state index contributed by atoms with van der Waals surface area (Å²) in [7, 11) is 10.3. The number of para-hydroxylation sites is 8. The summed E-state index contributed by atoms with van der Waals surface area (Å²) in [6.07, 6.45) is 27.5. The molecule has 9 aromatic carbocycles. The van der Waals surface area contributed by atoms with Gasteiger partial charge in [0.1, 0.15) is 34.8 Å². The second-order valence-corrected chi connectivity index (χ2v) is 35.4. The molecule has 0 unspecified atom stereocenters. The van der Waals surface area contributed by atoms with Gasteiger partial charge in [-0.05, 0) is 171 Å². The van der Waals surface area contributed by atoms with Crippen molar-refractivity contribution in [3.8, 4) is 45.2 Å². The summed E-state index contributed by atoms with van der Waals surface area (Å²) in [5.41, 5.74) is 26.2. The number of rotatable bonds is 23. The zero-order chi connectivity index (χ0) is 94.4. The molecule has 1 aliphatic rings. The Morgan fingerprint density at radius 3 is 0.971 bits per heavy atom. The van der Waals surface area contributed by atoms with Crippen molar-refractivity contribution < 1.29 is 4.42 Å². The number of fused-ring (bicyclic) bond motifs is 7. The highest BCUT2D eigenvalue weighted by atomic mass is 32.1. The maximum atomic E-state index is 5.41. The van der Waals surface area contributed by atoms with E-state index < -0.39 is 0 Å². The lowest BCUT2D eigenvalue weighted by molar-refractivity contribution is 0.580. The fraction of sp³-hybridized carbons (Fsp3) is 0.151. The highest BCUT2D eigenvalue weighted by Crippen LogP contribution is 2.30. The number of pyridine rings is 7. The first-order valence-electron chi connectivity index (χ1n) is 47.3. The van der Waals surface area contributed by atoms with E-state index in [0.29, 0.717) is 0 Å². The van der Waals surface area contributed by atoms with Crippen molar-refractivity contribution in [2.24, 2.45) is 40.2 Å². The van der Waals surface area contributed by atoms with E-state index in [-0.39, 0.29) is 0 Å². The molecule has 139 heavy (non-hydrogen) atoms. The molecule has 1 aliphatic heterocycles. The summed E-state index contributed by atoms with van der Waals surface area (Å²) in [6, 6.07) is 114. The van der Waals surface area contributed by atoms with Crippen molar-refractivity contribution in [3.63, 3.8) is 0 Å². The first kappa shape index (κ1) is 91.4. The normalized spacial score (nSPS) is 11.6. The van der Waals surface area contributed by atoms with Crippen molar-refractivity contribution in [3.05, 3.63) is 463 Å². The van der Waals surface area contributed by atoms with Crippen molar-refractivity contribution in [2.45, 2.75) is 83.5 Å². The molecule has 0 atom stereocenters. The van der Waals surface area contributed by atoms with E-state index in [1.165, 1.54) is 54.7 Å². The number of aromatic nitrogens is 17. The largest absolute Gasteiger partial charge is 0.463 e. The maximum absolute atomic E-state index is 5.41. The Bertz CT molecular complexity index is 7820. The van der Waals surface area contributed by atoms with Crippen molar-refractivity contribution >= 4 is 99.2 Å². The number of furan rings is 1. The van der Waals surface area contributed by atoms with Crippen LogP contribution in [0.2, 0.25) is 0 Å². The zero-order valence-electron chi connectivity index (χ0n) is 78.6. The Labute approximate surface area is 812 Å². The molecule has 0 amide bonds. The molecular weight excluding hydrogens is 1730 g/mol. The molecule has 0 aliphatic carbocycles. The second kappa shape index (κ2) is 44.2. The van der Waals surface area contributed by atoms with E-state index in [1.54, 1.807) is 30.0 Å². The first-order chi connectivity index (χ1) is 68.4. The van der Waals surface area contributed by atoms with Crippen LogP contribution in [0.5, 0.6) is 0 Å². The molecule has 23 aromatic rings. The molecule has 19 nitrogen and oxygen atoms in total. The molecule has 0 spiro atoms. The Balaban J connectivity index is 0.000000106. The predicted octanol–water partition coefficient (Wildman–Crippen LogP) is 25.7. The zero-order valence-corrected chi connectivity index (χ0v) is 79.4. The molecule has 0 fully saturated rings. The van der Waals surface area contributed by atoms with E-state index in [2.05, 4.69) is 296 Å². The van der Waals surface area contributed by atoms with E-state index in [0.717, 1.165) is 231 Å². The molecular formula is C119H106N18OS. The second-order valence-electron chi connectivity index (χ2n) is 34.6. The van der Waals surface area contributed by atoms with Gasteiger partial charge in [-0.15, -0.1) is 0 Å². The molecule has 0 radical (unpaired) electrons. The summed E-state index contributed by atoms with van der Waals surface area (Å²) in [5.74, 6) is 6.19. The molecule has 24 rings (SSSR count). The highest BCUT2D eigenvalue weighted by molar-refractivity contribution is 7.08. The molecule has 20 heteroatoms. The van der Waals surface area contributed by atoms with Crippen LogP contribution in [-0.2, 0) is 106 Å². The number of aliphatic imine (C=N–C) groups is 1. The van der Waals surface area contributed by atoms with Gasteiger partial charge in [-0.1, -0.05) is 224 Å². The topological polar surface area (TPSA) is 205 Å². The number of allylic oxidation sites excluding steroid dienone is 1. The van der Waals surface area contributed by atoms with Gasteiger partial charge in [0.2, 0.25) is 0 Å². The van der Waals surface area contributed by atoms with Gasteiger partial charge in [0, 0.05) is 205 Å².